The van der Waals surface area contributed by atoms with Gasteiger partial charge in [-0.25, -0.2) is 4.39 Å². The van der Waals surface area contributed by atoms with Crippen molar-refractivity contribution in [3.63, 3.8) is 0 Å². The number of hydrogen-bond donors (Lipinski definition) is 0. The predicted octanol–water partition coefficient (Wildman–Crippen LogP) is 9.91. The van der Waals surface area contributed by atoms with Gasteiger partial charge in [-0.3, -0.25) is 0 Å². The van der Waals surface area contributed by atoms with Gasteiger partial charge in [0.1, 0.15) is 0 Å². The van der Waals surface area contributed by atoms with Crippen LogP contribution >= 0.6 is 31.9 Å². The number of halogens is 18. The van der Waals surface area contributed by atoms with E-state index in [-0.39, 0.29) is 12.1 Å². The summed E-state index contributed by atoms with van der Waals surface area (Å²) in [6.45, 7) is 0. The topological polar surface area (TPSA) is 0 Å². The van der Waals surface area contributed by atoms with Crippen LogP contribution in [0.15, 0.2) is 57.5 Å². The molecule has 2 rings (SSSR count). The van der Waals surface area contributed by atoms with Crippen molar-refractivity contribution in [2.45, 2.75) is 47.4 Å². The molecular weight excluding hydrogens is 704 g/mol. The largest absolute Gasteiger partial charge is 0.460 e. The van der Waals surface area contributed by atoms with Gasteiger partial charge in [0, 0.05) is 20.1 Å². The van der Waals surface area contributed by atoms with Crippen molar-refractivity contribution >= 4 is 31.9 Å². The Hall–Kier alpha value is -1.72. The number of alkyl halides is 16. The highest BCUT2D eigenvalue weighted by Gasteiger charge is 2.94. The van der Waals surface area contributed by atoms with Crippen molar-refractivity contribution in [3.05, 3.63) is 68.6 Å². The molecule has 0 aliphatic carbocycles. The zero-order valence-corrected chi connectivity index (χ0v) is 20.6. The van der Waals surface area contributed by atoms with E-state index in [1.807, 2.05) is 0 Å². The quantitative estimate of drug-likeness (QED) is 0.239. The lowest BCUT2D eigenvalue weighted by Crippen LogP contribution is -2.74. The molecule has 0 fully saturated rings. The Bertz CT molecular complexity index is 1170. The zero-order chi connectivity index (χ0) is 30.0. The average molecular weight is 712 g/mol. The van der Waals surface area contributed by atoms with Gasteiger partial charge >= 0.3 is 41.7 Å². The van der Waals surface area contributed by atoms with Crippen LogP contribution in [0.4, 0.5) is 70.2 Å². The van der Waals surface area contributed by atoms with Crippen LogP contribution in [-0.4, -0.2) is 35.8 Å². The summed E-state index contributed by atoms with van der Waals surface area (Å²) >= 11 is 4.62. The van der Waals surface area contributed by atoms with Crippen LogP contribution in [0.25, 0.3) is 0 Å². The first kappa shape index (κ1) is 32.5. The van der Waals surface area contributed by atoms with Gasteiger partial charge in [0.2, 0.25) is 0 Å². The molecule has 214 valence electrons. The molecule has 0 aromatic heterocycles. The molecule has 0 amide bonds. The standard InChI is InChI=1S/C20H8Br2F16/c21-11-7-3-1-5-9(11)13(23,14(24,25)10-6-2-4-8-12(10)22)15(26,27)16(28,29)17(30,31)18(32,33)19(34,35)20(36,37)38/h1-8H. The minimum atomic E-state index is -8.48. The Labute approximate surface area is 218 Å². The highest BCUT2D eigenvalue weighted by molar-refractivity contribution is 9.10. The van der Waals surface area contributed by atoms with Gasteiger partial charge in [0.05, 0.1) is 0 Å². The van der Waals surface area contributed by atoms with E-state index in [9.17, 15) is 48.3 Å². The molecule has 1 unspecified atom stereocenters. The van der Waals surface area contributed by atoms with Crippen LogP contribution < -0.4 is 0 Å². The van der Waals surface area contributed by atoms with Gasteiger partial charge in [-0.15, -0.1) is 0 Å². The molecule has 0 saturated heterocycles. The summed E-state index contributed by atoms with van der Waals surface area (Å²) in [6.07, 6.45) is -7.72. The van der Waals surface area contributed by atoms with E-state index in [1.54, 1.807) is 0 Å². The third-order valence-corrected chi connectivity index (χ3v) is 6.64. The monoisotopic (exact) mass is 710 g/mol. The van der Waals surface area contributed by atoms with Crippen molar-refractivity contribution in [1.29, 1.82) is 0 Å². The fraction of sp³-hybridized carbons (Fsp3) is 0.400. The smallest absolute Gasteiger partial charge is 0.224 e. The lowest BCUT2D eigenvalue weighted by molar-refractivity contribution is -0.455. The SMILES string of the molecule is FC(F)(F)C(F)(F)C(F)(F)C(F)(F)C(F)(F)C(F)(F)C(F)(c1ccccc1Br)C(F)(F)c1ccccc1Br. The van der Waals surface area contributed by atoms with Gasteiger partial charge < -0.3 is 0 Å². The van der Waals surface area contributed by atoms with Crippen molar-refractivity contribution < 1.29 is 70.2 Å². The molecule has 0 radical (unpaired) electrons. The van der Waals surface area contributed by atoms with E-state index in [4.69, 9.17) is 0 Å². The Morgan fingerprint density at radius 3 is 1.08 bits per heavy atom. The Morgan fingerprint density at radius 1 is 0.395 bits per heavy atom. The molecule has 0 spiro atoms. The fourth-order valence-corrected chi connectivity index (χ4v) is 4.26. The van der Waals surface area contributed by atoms with Crippen LogP contribution in [0.5, 0.6) is 0 Å². The highest BCUT2D eigenvalue weighted by Crippen LogP contribution is 2.68. The zero-order valence-electron chi connectivity index (χ0n) is 17.4. The summed E-state index contributed by atoms with van der Waals surface area (Å²) in [4.78, 5) is 0. The third kappa shape index (κ3) is 4.18. The first-order valence-electron chi connectivity index (χ1n) is 9.31. The Morgan fingerprint density at radius 2 is 0.711 bits per heavy atom. The maximum Gasteiger partial charge on any atom is 0.460 e. The summed E-state index contributed by atoms with van der Waals surface area (Å²) in [6, 6.07) is 3.90. The molecule has 2 aromatic rings. The van der Waals surface area contributed by atoms with E-state index in [2.05, 4.69) is 31.9 Å². The predicted molar refractivity (Wildman–Crippen MR) is 106 cm³/mol. The van der Waals surface area contributed by atoms with Gasteiger partial charge in [-0.1, -0.05) is 68.3 Å². The molecule has 38 heavy (non-hydrogen) atoms. The number of benzene rings is 2. The van der Waals surface area contributed by atoms with E-state index in [0.29, 0.717) is 24.3 Å². The van der Waals surface area contributed by atoms with Gasteiger partial charge in [-0.05, 0) is 12.1 Å². The lowest BCUT2D eigenvalue weighted by atomic mass is 9.75. The first-order valence-corrected chi connectivity index (χ1v) is 10.9. The molecule has 0 aliphatic heterocycles. The van der Waals surface area contributed by atoms with Gasteiger partial charge in [0.15, 0.2) is 0 Å². The average Bonchev–Trinajstić information content (AvgIpc) is 2.77. The van der Waals surface area contributed by atoms with Gasteiger partial charge in [-0.2, -0.15) is 65.9 Å². The maximum atomic E-state index is 16.1. The van der Waals surface area contributed by atoms with Crippen molar-refractivity contribution in [2.75, 3.05) is 0 Å². The molecule has 0 saturated carbocycles. The van der Waals surface area contributed by atoms with Crippen LogP contribution in [0.2, 0.25) is 0 Å². The summed E-state index contributed by atoms with van der Waals surface area (Å²) in [5, 5.41) is 0. The molecule has 0 nitrogen and oxygen atoms in total. The third-order valence-electron chi connectivity index (χ3n) is 5.26. The second-order valence-electron chi connectivity index (χ2n) is 7.56. The van der Waals surface area contributed by atoms with E-state index >= 15 is 22.0 Å². The van der Waals surface area contributed by atoms with Crippen LogP contribution in [0.1, 0.15) is 11.1 Å². The van der Waals surface area contributed by atoms with E-state index < -0.39 is 67.5 Å². The van der Waals surface area contributed by atoms with Crippen LogP contribution in [0, 0.1) is 0 Å². The normalized spacial score (nSPS) is 16.4. The lowest BCUT2D eigenvalue weighted by Gasteiger charge is -2.46. The molecule has 0 bridgehead atoms. The van der Waals surface area contributed by atoms with Crippen molar-refractivity contribution in [3.8, 4) is 0 Å². The number of hydrogen-bond acceptors (Lipinski definition) is 0. The summed E-state index contributed by atoms with van der Waals surface area (Å²) in [7, 11) is 0. The molecule has 18 heteroatoms. The molecular formula is C20H8Br2F16. The van der Waals surface area contributed by atoms with Crippen molar-refractivity contribution in [1.82, 2.24) is 0 Å². The Kier molecular flexibility index (Phi) is 8.07. The van der Waals surface area contributed by atoms with E-state index in [1.165, 1.54) is 0 Å². The molecule has 0 N–H and O–H groups in total. The maximum absolute atomic E-state index is 16.1. The van der Waals surface area contributed by atoms with Gasteiger partial charge in [0.25, 0.3) is 5.67 Å². The molecule has 0 heterocycles. The molecule has 1 atom stereocenters. The molecule has 2 aromatic carbocycles. The fourth-order valence-electron chi connectivity index (χ4n) is 3.16. The summed E-state index contributed by atoms with van der Waals surface area (Å²) in [5.74, 6) is -47.2. The first-order chi connectivity index (χ1) is 16.8. The number of rotatable bonds is 8. The molecule has 0 aliphatic rings. The summed E-state index contributed by atoms with van der Waals surface area (Å²) < 4.78 is 223. The van der Waals surface area contributed by atoms with Crippen LogP contribution in [0.3, 0.4) is 0 Å². The Balaban J connectivity index is 3.00. The van der Waals surface area contributed by atoms with Crippen LogP contribution in [-0.2, 0) is 11.6 Å². The van der Waals surface area contributed by atoms with Crippen molar-refractivity contribution in [2.24, 2.45) is 0 Å². The summed E-state index contributed by atoms with van der Waals surface area (Å²) in [5.41, 5.74) is -10.7. The van der Waals surface area contributed by atoms with E-state index in [0.717, 1.165) is 12.1 Å². The second kappa shape index (κ2) is 9.44. The minimum absolute atomic E-state index is 0.0839. The highest BCUT2D eigenvalue weighted by atomic mass is 79.9. The minimum Gasteiger partial charge on any atom is -0.224 e. The second-order valence-corrected chi connectivity index (χ2v) is 9.27.